The lowest BCUT2D eigenvalue weighted by atomic mass is 10.2. The molecule has 1 saturated heterocycles. The van der Waals surface area contributed by atoms with Gasteiger partial charge in [0.15, 0.2) is 0 Å². The van der Waals surface area contributed by atoms with Gasteiger partial charge in [-0.25, -0.2) is 4.98 Å². The molecule has 1 aromatic heterocycles. The number of aromatic nitrogens is 2. The molecule has 1 N–H and O–H groups in total. The van der Waals surface area contributed by atoms with Crippen LogP contribution >= 0.6 is 11.8 Å². The monoisotopic (exact) mass is 252 g/mol. The van der Waals surface area contributed by atoms with Crippen molar-refractivity contribution in [2.45, 2.75) is 26.8 Å². The van der Waals surface area contributed by atoms with Gasteiger partial charge in [0.1, 0.15) is 5.82 Å². The molecule has 0 saturated carbocycles. The van der Waals surface area contributed by atoms with E-state index in [-0.39, 0.29) is 0 Å². The van der Waals surface area contributed by atoms with E-state index in [1.54, 1.807) is 0 Å². The van der Waals surface area contributed by atoms with E-state index in [1.165, 1.54) is 11.5 Å². The Bertz CT molecular complexity index is 383. The fourth-order valence-electron chi connectivity index (χ4n) is 2.01. The Morgan fingerprint density at radius 1 is 1.59 bits per heavy atom. The molecule has 1 aliphatic heterocycles. The van der Waals surface area contributed by atoms with E-state index in [4.69, 9.17) is 0 Å². The van der Waals surface area contributed by atoms with Gasteiger partial charge >= 0.3 is 0 Å². The first-order valence-corrected chi connectivity index (χ1v) is 7.29. The maximum absolute atomic E-state index is 4.63. The van der Waals surface area contributed by atoms with Gasteiger partial charge < -0.3 is 10.2 Å². The summed E-state index contributed by atoms with van der Waals surface area (Å²) in [6.07, 6.45) is 1.91. The van der Waals surface area contributed by atoms with Crippen molar-refractivity contribution < 1.29 is 0 Å². The maximum atomic E-state index is 4.63. The summed E-state index contributed by atoms with van der Waals surface area (Å²) >= 11 is 2.02. The van der Waals surface area contributed by atoms with Gasteiger partial charge in [-0.05, 0) is 20.8 Å². The van der Waals surface area contributed by atoms with Gasteiger partial charge in [0.2, 0.25) is 5.95 Å². The van der Waals surface area contributed by atoms with Gasteiger partial charge in [0, 0.05) is 42.4 Å². The number of nitrogens with zero attached hydrogens (tertiary/aromatic N) is 3. The van der Waals surface area contributed by atoms with Crippen LogP contribution in [0.3, 0.4) is 0 Å². The SMILES string of the molecule is CCNc1ncc(C)c(N2CCSCC2C)n1. The molecule has 0 aromatic carbocycles. The molecule has 0 radical (unpaired) electrons. The number of nitrogens with one attached hydrogen (secondary N) is 1. The zero-order valence-electron chi connectivity index (χ0n) is 10.7. The smallest absolute Gasteiger partial charge is 0.224 e. The van der Waals surface area contributed by atoms with E-state index in [0.717, 1.165) is 30.4 Å². The van der Waals surface area contributed by atoms with Crippen LogP contribution in [0.5, 0.6) is 0 Å². The Kier molecular flexibility index (Phi) is 4.10. The molecule has 2 rings (SSSR count). The van der Waals surface area contributed by atoms with E-state index in [1.807, 2.05) is 18.0 Å². The highest BCUT2D eigenvalue weighted by atomic mass is 32.2. The summed E-state index contributed by atoms with van der Waals surface area (Å²) in [7, 11) is 0. The molecule has 17 heavy (non-hydrogen) atoms. The number of anilines is 2. The number of rotatable bonds is 3. The van der Waals surface area contributed by atoms with Gasteiger partial charge in [-0.15, -0.1) is 0 Å². The van der Waals surface area contributed by atoms with Crippen LogP contribution in [0.2, 0.25) is 0 Å². The standard InChI is InChI=1S/C12H20N4S/c1-4-13-12-14-7-9(2)11(15-12)16-5-6-17-8-10(16)3/h7,10H,4-6,8H2,1-3H3,(H,13,14,15). The first-order chi connectivity index (χ1) is 8.22. The third kappa shape index (κ3) is 2.83. The summed E-state index contributed by atoms with van der Waals surface area (Å²) in [6.45, 7) is 8.34. The lowest BCUT2D eigenvalue weighted by Gasteiger charge is -2.34. The first kappa shape index (κ1) is 12.5. The summed E-state index contributed by atoms with van der Waals surface area (Å²) in [5.74, 6) is 4.19. The number of thioether (sulfide) groups is 1. The Morgan fingerprint density at radius 2 is 2.41 bits per heavy atom. The van der Waals surface area contributed by atoms with Gasteiger partial charge in [0.05, 0.1) is 0 Å². The summed E-state index contributed by atoms with van der Waals surface area (Å²) < 4.78 is 0. The Labute approximate surface area is 107 Å². The summed E-state index contributed by atoms with van der Waals surface area (Å²) in [5, 5.41) is 3.17. The van der Waals surface area contributed by atoms with E-state index < -0.39 is 0 Å². The molecule has 2 heterocycles. The number of hydrogen-bond donors (Lipinski definition) is 1. The highest BCUT2D eigenvalue weighted by molar-refractivity contribution is 7.99. The number of hydrogen-bond acceptors (Lipinski definition) is 5. The van der Waals surface area contributed by atoms with Crippen molar-refractivity contribution in [3.8, 4) is 0 Å². The zero-order chi connectivity index (χ0) is 12.3. The quantitative estimate of drug-likeness (QED) is 0.893. The molecule has 0 bridgehead atoms. The van der Waals surface area contributed by atoms with Gasteiger partial charge in [0.25, 0.3) is 0 Å². The van der Waals surface area contributed by atoms with Crippen LogP contribution < -0.4 is 10.2 Å². The van der Waals surface area contributed by atoms with Crippen molar-refractivity contribution in [1.82, 2.24) is 9.97 Å². The predicted molar refractivity (Wildman–Crippen MR) is 75.1 cm³/mol. The molecule has 1 fully saturated rings. The van der Waals surface area contributed by atoms with Crippen LogP contribution in [0.1, 0.15) is 19.4 Å². The Morgan fingerprint density at radius 3 is 3.12 bits per heavy atom. The molecule has 1 unspecified atom stereocenters. The fraction of sp³-hybridized carbons (Fsp3) is 0.667. The molecule has 0 amide bonds. The van der Waals surface area contributed by atoms with E-state index in [2.05, 4.69) is 41.0 Å². The fourth-order valence-corrected chi connectivity index (χ4v) is 3.02. The molecular weight excluding hydrogens is 232 g/mol. The van der Waals surface area contributed by atoms with Crippen molar-refractivity contribution in [1.29, 1.82) is 0 Å². The lowest BCUT2D eigenvalue weighted by Crippen LogP contribution is -2.41. The predicted octanol–water partition coefficient (Wildman–Crippen LogP) is 2.16. The lowest BCUT2D eigenvalue weighted by molar-refractivity contribution is 0.686. The largest absolute Gasteiger partial charge is 0.354 e. The first-order valence-electron chi connectivity index (χ1n) is 6.14. The van der Waals surface area contributed by atoms with E-state index in [9.17, 15) is 0 Å². The molecule has 1 atom stereocenters. The summed E-state index contributed by atoms with van der Waals surface area (Å²) in [6, 6.07) is 0.553. The molecule has 5 heteroatoms. The van der Waals surface area contributed by atoms with Crippen LogP contribution in [-0.2, 0) is 0 Å². The molecular formula is C12H20N4S. The number of aryl methyl sites for hydroxylation is 1. The molecule has 1 aliphatic rings. The minimum Gasteiger partial charge on any atom is -0.354 e. The topological polar surface area (TPSA) is 41.1 Å². The minimum atomic E-state index is 0.553. The average molecular weight is 252 g/mol. The van der Waals surface area contributed by atoms with Crippen LogP contribution in [0.15, 0.2) is 6.20 Å². The van der Waals surface area contributed by atoms with Crippen LogP contribution in [0.4, 0.5) is 11.8 Å². The second-order valence-electron chi connectivity index (χ2n) is 4.35. The highest BCUT2D eigenvalue weighted by Crippen LogP contribution is 2.25. The maximum Gasteiger partial charge on any atom is 0.224 e. The third-order valence-electron chi connectivity index (χ3n) is 2.92. The minimum absolute atomic E-state index is 0.553. The van der Waals surface area contributed by atoms with Crippen LogP contribution in [0, 0.1) is 6.92 Å². The van der Waals surface area contributed by atoms with Gasteiger partial charge in [-0.3, -0.25) is 0 Å². The van der Waals surface area contributed by atoms with Crippen molar-refractivity contribution in [3.63, 3.8) is 0 Å². The Balaban J connectivity index is 2.25. The summed E-state index contributed by atoms with van der Waals surface area (Å²) in [5.41, 5.74) is 1.16. The van der Waals surface area contributed by atoms with E-state index >= 15 is 0 Å². The van der Waals surface area contributed by atoms with Crippen molar-refractivity contribution in [2.75, 3.05) is 34.8 Å². The zero-order valence-corrected chi connectivity index (χ0v) is 11.5. The van der Waals surface area contributed by atoms with Crippen LogP contribution in [0.25, 0.3) is 0 Å². The Hall–Kier alpha value is -0.970. The van der Waals surface area contributed by atoms with Crippen molar-refractivity contribution >= 4 is 23.5 Å². The van der Waals surface area contributed by atoms with Crippen molar-refractivity contribution in [3.05, 3.63) is 11.8 Å². The molecule has 0 spiro atoms. The van der Waals surface area contributed by atoms with Crippen molar-refractivity contribution in [2.24, 2.45) is 0 Å². The highest BCUT2D eigenvalue weighted by Gasteiger charge is 2.21. The average Bonchev–Trinajstić information content (AvgIpc) is 2.33. The van der Waals surface area contributed by atoms with Crippen LogP contribution in [-0.4, -0.2) is 40.6 Å². The van der Waals surface area contributed by atoms with Gasteiger partial charge in [-0.1, -0.05) is 0 Å². The summed E-state index contributed by atoms with van der Waals surface area (Å²) in [4.78, 5) is 11.3. The molecule has 0 aliphatic carbocycles. The second kappa shape index (κ2) is 5.58. The van der Waals surface area contributed by atoms with Gasteiger partial charge in [-0.2, -0.15) is 16.7 Å². The van der Waals surface area contributed by atoms with E-state index in [0.29, 0.717) is 6.04 Å². The second-order valence-corrected chi connectivity index (χ2v) is 5.50. The molecule has 4 nitrogen and oxygen atoms in total. The molecule has 94 valence electrons. The normalized spacial score (nSPS) is 20.4. The molecule has 1 aromatic rings. The third-order valence-corrected chi connectivity index (χ3v) is 4.11.